The summed E-state index contributed by atoms with van der Waals surface area (Å²) in [6.07, 6.45) is 1.46. The van der Waals surface area contributed by atoms with Crippen molar-refractivity contribution in [3.63, 3.8) is 0 Å². The minimum Gasteiger partial charge on any atom is -0.320 e. The summed E-state index contributed by atoms with van der Waals surface area (Å²) in [4.78, 5) is 23.4. The first kappa shape index (κ1) is 14.1. The van der Waals surface area contributed by atoms with Crippen LogP contribution in [-0.4, -0.2) is 23.9 Å². The van der Waals surface area contributed by atoms with Crippen LogP contribution in [0.4, 0.5) is 11.4 Å². The summed E-state index contributed by atoms with van der Waals surface area (Å²) in [7, 11) is 1.61. The molecule has 6 nitrogen and oxygen atoms in total. The molecule has 0 bridgehead atoms. The molecule has 98 valence electrons. The van der Waals surface area contributed by atoms with Crippen LogP contribution in [-0.2, 0) is 4.79 Å². The lowest BCUT2D eigenvalue weighted by atomic mass is 10.1. The maximum absolute atomic E-state index is 11.9. The van der Waals surface area contributed by atoms with E-state index < -0.39 is 11.0 Å². The van der Waals surface area contributed by atoms with Crippen molar-refractivity contribution in [1.29, 1.82) is 0 Å². The Morgan fingerprint density at radius 1 is 1.44 bits per heavy atom. The van der Waals surface area contributed by atoms with Gasteiger partial charge in [0, 0.05) is 24.9 Å². The molecular weight excluding hydrogens is 234 g/mol. The smallest absolute Gasteiger partial charge is 0.269 e. The summed E-state index contributed by atoms with van der Waals surface area (Å²) in [5.74, 6) is -0.189. The number of nitro benzene ring substituents is 1. The molecule has 0 fully saturated rings. The van der Waals surface area contributed by atoms with E-state index in [1.54, 1.807) is 7.05 Å². The Labute approximate surface area is 106 Å². The summed E-state index contributed by atoms with van der Waals surface area (Å²) in [5, 5.41) is 10.5. The minimum atomic E-state index is -0.532. The molecule has 0 aliphatic carbocycles. The van der Waals surface area contributed by atoms with Gasteiger partial charge in [-0.25, -0.2) is 0 Å². The van der Waals surface area contributed by atoms with Crippen molar-refractivity contribution in [2.24, 2.45) is 5.73 Å². The molecular formula is C12H17N3O3. The Morgan fingerprint density at radius 3 is 2.44 bits per heavy atom. The third-order valence-electron chi connectivity index (χ3n) is 2.70. The Balaban J connectivity index is 2.80. The molecule has 1 amide bonds. The number of amides is 1. The third-order valence-corrected chi connectivity index (χ3v) is 2.70. The lowest BCUT2D eigenvalue weighted by molar-refractivity contribution is -0.384. The van der Waals surface area contributed by atoms with Crippen molar-refractivity contribution >= 4 is 17.3 Å². The number of nitro groups is 1. The molecule has 1 aromatic carbocycles. The molecule has 0 saturated heterocycles. The van der Waals surface area contributed by atoms with Crippen LogP contribution < -0.4 is 10.6 Å². The van der Waals surface area contributed by atoms with Gasteiger partial charge < -0.3 is 10.6 Å². The molecule has 6 heteroatoms. The van der Waals surface area contributed by atoms with Gasteiger partial charge in [0.1, 0.15) is 0 Å². The Hall–Kier alpha value is -1.95. The summed E-state index contributed by atoms with van der Waals surface area (Å²) in [5.41, 5.74) is 6.34. The number of anilines is 1. The fraction of sp³-hybridized carbons (Fsp3) is 0.417. The molecule has 1 unspecified atom stereocenters. The molecule has 0 radical (unpaired) electrons. The lowest BCUT2D eigenvalue weighted by Gasteiger charge is -2.21. The number of nitrogens with zero attached hydrogens (tertiary/aromatic N) is 2. The van der Waals surface area contributed by atoms with Crippen molar-refractivity contribution in [2.45, 2.75) is 25.8 Å². The highest BCUT2D eigenvalue weighted by molar-refractivity contribution is 5.96. The fourth-order valence-corrected chi connectivity index (χ4v) is 1.61. The van der Waals surface area contributed by atoms with E-state index in [9.17, 15) is 14.9 Å². The van der Waals surface area contributed by atoms with Crippen molar-refractivity contribution in [3.05, 3.63) is 34.4 Å². The minimum absolute atomic E-state index is 0.00236. The first-order valence-electron chi connectivity index (χ1n) is 5.75. The second-order valence-corrected chi connectivity index (χ2v) is 4.07. The molecule has 1 rings (SSSR count). The van der Waals surface area contributed by atoms with Gasteiger partial charge in [0.25, 0.3) is 5.69 Å². The first-order chi connectivity index (χ1) is 8.47. The van der Waals surface area contributed by atoms with Crippen LogP contribution in [0.15, 0.2) is 24.3 Å². The number of hydrogen-bond acceptors (Lipinski definition) is 4. The number of rotatable bonds is 5. The molecule has 1 aromatic rings. The molecule has 18 heavy (non-hydrogen) atoms. The maximum Gasteiger partial charge on any atom is 0.269 e. The van der Waals surface area contributed by atoms with E-state index in [1.807, 2.05) is 6.92 Å². The third kappa shape index (κ3) is 3.27. The number of non-ortho nitro benzene ring substituents is 1. The van der Waals surface area contributed by atoms with Crippen LogP contribution in [0.2, 0.25) is 0 Å². The van der Waals surface area contributed by atoms with E-state index >= 15 is 0 Å². The van der Waals surface area contributed by atoms with Gasteiger partial charge in [-0.3, -0.25) is 14.9 Å². The van der Waals surface area contributed by atoms with Crippen LogP contribution in [0.5, 0.6) is 0 Å². The number of hydrogen-bond donors (Lipinski definition) is 1. The number of benzene rings is 1. The molecule has 0 saturated carbocycles. The van der Waals surface area contributed by atoms with Gasteiger partial charge >= 0.3 is 0 Å². The highest BCUT2D eigenvalue weighted by atomic mass is 16.6. The van der Waals surface area contributed by atoms with Crippen LogP contribution in [0.1, 0.15) is 19.8 Å². The number of carbonyl (C=O) groups excluding carboxylic acids is 1. The van der Waals surface area contributed by atoms with Crippen molar-refractivity contribution in [2.75, 3.05) is 11.9 Å². The molecule has 0 aliphatic heterocycles. The number of nitrogens with two attached hydrogens (primary N) is 1. The largest absolute Gasteiger partial charge is 0.320 e. The molecule has 2 N–H and O–H groups in total. The van der Waals surface area contributed by atoms with Gasteiger partial charge in [0.05, 0.1) is 11.0 Å². The molecule has 0 aliphatic rings. The molecule has 0 aromatic heterocycles. The van der Waals surface area contributed by atoms with Gasteiger partial charge in [-0.1, -0.05) is 13.3 Å². The highest BCUT2D eigenvalue weighted by Crippen LogP contribution is 2.19. The Bertz CT molecular complexity index is 431. The number of carbonyl (C=O) groups is 1. The molecule has 0 heterocycles. The van der Waals surface area contributed by atoms with Gasteiger partial charge in [-0.2, -0.15) is 0 Å². The topological polar surface area (TPSA) is 89.5 Å². The summed E-state index contributed by atoms with van der Waals surface area (Å²) < 4.78 is 0. The van der Waals surface area contributed by atoms with Crippen LogP contribution in [0.3, 0.4) is 0 Å². The van der Waals surface area contributed by atoms with Crippen LogP contribution in [0, 0.1) is 10.1 Å². The summed E-state index contributed by atoms with van der Waals surface area (Å²) in [6, 6.07) is 5.27. The van der Waals surface area contributed by atoms with Gasteiger partial charge in [0.2, 0.25) is 5.91 Å². The van der Waals surface area contributed by atoms with Crippen molar-refractivity contribution < 1.29 is 9.72 Å². The standard InChI is InChI=1S/C12H17N3O3/c1-3-4-11(13)12(16)14(2)9-5-7-10(8-6-9)15(17)18/h5-8,11H,3-4,13H2,1-2H3. The van der Waals surface area contributed by atoms with E-state index in [1.165, 1.54) is 29.2 Å². The van der Waals surface area contributed by atoms with Crippen LogP contribution >= 0.6 is 0 Å². The second-order valence-electron chi connectivity index (χ2n) is 4.07. The quantitative estimate of drug-likeness (QED) is 0.637. The normalized spacial score (nSPS) is 11.9. The number of likely N-dealkylation sites (N-methyl/N-ethyl adjacent to an activating group) is 1. The zero-order valence-electron chi connectivity index (χ0n) is 10.5. The van der Waals surface area contributed by atoms with Gasteiger partial charge in [0.15, 0.2) is 0 Å². The van der Waals surface area contributed by atoms with E-state index in [2.05, 4.69) is 0 Å². The van der Waals surface area contributed by atoms with E-state index in [4.69, 9.17) is 5.73 Å². The maximum atomic E-state index is 11.9. The average molecular weight is 251 g/mol. The summed E-state index contributed by atoms with van der Waals surface area (Å²) in [6.45, 7) is 1.96. The van der Waals surface area contributed by atoms with Crippen molar-refractivity contribution in [3.8, 4) is 0 Å². The molecule has 1 atom stereocenters. The van der Waals surface area contributed by atoms with Gasteiger partial charge in [-0.15, -0.1) is 0 Å². The predicted octanol–water partition coefficient (Wildman–Crippen LogP) is 1.68. The Morgan fingerprint density at radius 2 is 2.00 bits per heavy atom. The van der Waals surface area contributed by atoms with Crippen molar-refractivity contribution in [1.82, 2.24) is 0 Å². The highest BCUT2D eigenvalue weighted by Gasteiger charge is 2.18. The van der Waals surface area contributed by atoms with E-state index in [-0.39, 0.29) is 11.6 Å². The zero-order chi connectivity index (χ0) is 13.7. The first-order valence-corrected chi connectivity index (χ1v) is 5.75. The predicted molar refractivity (Wildman–Crippen MR) is 69.4 cm³/mol. The van der Waals surface area contributed by atoms with Crippen LogP contribution in [0.25, 0.3) is 0 Å². The fourth-order valence-electron chi connectivity index (χ4n) is 1.61. The SMILES string of the molecule is CCCC(N)C(=O)N(C)c1ccc([N+](=O)[O-])cc1. The monoisotopic (exact) mass is 251 g/mol. The van der Waals surface area contributed by atoms with E-state index in [0.29, 0.717) is 12.1 Å². The summed E-state index contributed by atoms with van der Waals surface area (Å²) >= 11 is 0. The molecule has 0 spiro atoms. The zero-order valence-corrected chi connectivity index (χ0v) is 10.5. The lowest BCUT2D eigenvalue weighted by Crippen LogP contribution is -2.41. The average Bonchev–Trinajstić information content (AvgIpc) is 2.37. The second kappa shape index (κ2) is 6.11. The van der Waals surface area contributed by atoms with Gasteiger partial charge in [-0.05, 0) is 18.6 Å². The van der Waals surface area contributed by atoms with E-state index in [0.717, 1.165) is 6.42 Å². The Kier molecular flexibility index (Phi) is 4.79.